The van der Waals surface area contributed by atoms with Gasteiger partial charge in [-0.05, 0) is 57.9 Å². The van der Waals surface area contributed by atoms with Gasteiger partial charge in [0.2, 0.25) is 0 Å². The lowest BCUT2D eigenvalue weighted by molar-refractivity contribution is -0.155. The molecule has 5 nitrogen and oxygen atoms in total. The predicted octanol–water partition coefficient (Wildman–Crippen LogP) is 4.94. The van der Waals surface area contributed by atoms with Crippen molar-refractivity contribution in [1.29, 1.82) is 0 Å². The summed E-state index contributed by atoms with van der Waals surface area (Å²) in [7, 11) is 0. The minimum atomic E-state index is -0.531. The summed E-state index contributed by atoms with van der Waals surface area (Å²) < 4.78 is 9.33. The summed E-state index contributed by atoms with van der Waals surface area (Å²) in [5.41, 5.74) is 5.70. The summed E-state index contributed by atoms with van der Waals surface area (Å²) in [6.45, 7) is 9.96. The minimum Gasteiger partial charge on any atom is -0.459 e. The number of hydrogen-bond donors (Lipinski definition) is 1. The maximum Gasteiger partial charge on any atom is 0.326 e. The Labute approximate surface area is 170 Å². The van der Waals surface area contributed by atoms with Crippen LogP contribution in [0.15, 0.2) is 48.7 Å². The largest absolute Gasteiger partial charge is 0.459 e. The molecule has 0 radical (unpaired) electrons. The van der Waals surface area contributed by atoms with Crippen LogP contribution in [0.2, 0.25) is 0 Å². The first-order valence-corrected chi connectivity index (χ1v) is 9.82. The average molecular weight is 389 g/mol. The van der Waals surface area contributed by atoms with Crippen molar-refractivity contribution in [2.75, 3.05) is 5.84 Å². The van der Waals surface area contributed by atoms with E-state index in [9.17, 15) is 4.79 Å². The zero-order chi connectivity index (χ0) is 20.9. The van der Waals surface area contributed by atoms with Crippen LogP contribution in [0.5, 0.6) is 0 Å². The Bertz CT molecular complexity index is 1240. The number of nitrogen functional groups attached to an aromatic ring is 1. The average Bonchev–Trinajstić information content (AvgIpc) is 3.12. The number of carbonyl (C=O) groups excluding carboxylic acids is 1. The fourth-order valence-corrected chi connectivity index (χ4v) is 4.06. The normalized spacial score (nSPS) is 12.0. The molecule has 2 heterocycles. The van der Waals surface area contributed by atoms with Crippen molar-refractivity contribution < 1.29 is 9.53 Å². The van der Waals surface area contributed by atoms with Gasteiger partial charge in [-0.2, -0.15) is 0 Å². The van der Waals surface area contributed by atoms with Crippen molar-refractivity contribution in [2.24, 2.45) is 0 Å². The van der Waals surface area contributed by atoms with Crippen LogP contribution < -0.4 is 5.84 Å². The summed E-state index contributed by atoms with van der Waals surface area (Å²) >= 11 is 0. The maximum absolute atomic E-state index is 12.8. The zero-order valence-corrected chi connectivity index (χ0v) is 17.6. The third-order valence-electron chi connectivity index (χ3n) is 5.18. The molecule has 0 amide bonds. The van der Waals surface area contributed by atoms with E-state index in [0.717, 1.165) is 44.2 Å². The highest BCUT2D eigenvalue weighted by molar-refractivity contribution is 6.00. The number of aryl methyl sites for hydroxylation is 2. The molecule has 5 heteroatoms. The molecule has 2 aromatic heterocycles. The molecule has 150 valence electrons. The third kappa shape index (κ3) is 3.37. The molecule has 4 aromatic rings. The molecule has 0 bridgehead atoms. The van der Waals surface area contributed by atoms with Gasteiger partial charge >= 0.3 is 5.97 Å². The molecule has 2 aromatic carbocycles. The van der Waals surface area contributed by atoms with Crippen LogP contribution in [0, 0.1) is 13.8 Å². The number of aromatic nitrogens is 2. The quantitative estimate of drug-likeness (QED) is 0.399. The van der Waals surface area contributed by atoms with Crippen molar-refractivity contribution in [1.82, 2.24) is 9.24 Å². The van der Waals surface area contributed by atoms with Crippen molar-refractivity contribution >= 4 is 27.8 Å². The second kappa shape index (κ2) is 6.69. The molecular formula is C24H27N3O2. The first-order valence-electron chi connectivity index (χ1n) is 9.82. The number of esters is 1. The van der Waals surface area contributed by atoms with Crippen LogP contribution in [-0.2, 0) is 16.1 Å². The molecule has 0 aliphatic rings. The molecular weight excluding hydrogens is 362 g/mol. The lowest BCUT2D eigenvalue weighted by Crippen LogP contribution is -2.26. The Hall–Kier alpha value is -3.21. The van der Waals surface area contributed by atoms with E-state index in [4.69, 9.17) is 10.6 Å². The van der Waals surface area contributed by atoms with Gasteiger partial charge in [-0.25, -0.2) is 0 Å². The standard InChI is InChI=1S/C24H27N3O2/c1-15-9-10-18-16(2)22(19-8-6-7-17-11-12-27(25)23(17)19)26(20(18)13-15)14-21(28)29-24(3,4)5/h6-13H,14,25H2,1-5H3. The number of para-hydroxylation sites is 1. The van der Waals surface area contributed by atoms with Crippen LogP contribution in [0.1, 0.15) is 31.9 Å². The Balaban J connectivity index is 1.99. The number of nitrogens with two attached hydrogens (primary N) is 1. The molecule has 0 atom stereocenters. The van der Waals surface area contributed by atoms with Gasteiger partial charge in [0.05, 0.1) is 11.2 Å². The summed E-state index contributed by atoms with van der Waals surface area (Å²) in [5.74, 6) is 5.98. The highest BCUT2D eigenvalue weighted by atomic mass is 16.6. The highest BCUT2D eigenvalue weighted by Crippen LogP contribution is 2.37. The second-order valence-electron chi connectivity index (χ2n) is 8.63. The first kappa shape index (κ1) is 19.1. The van der Waals surface area contributed by atoms with E-state index in [0.29, 0.717) is 0 Å². The first-order chi connectivity index (χ1) is 13.7. The lowest BCUT2D eigenvalue weighted by atomic mass is 10.0. The molecule has 0 saturated heterocycles. The van der Waals surface area contributed by atoms with Gasteiger partial charge in [-0.3, -0.25) is 9.47 Å². The van der Waals surface area contributed by atoms with Gasteiger partial charge < -0.3 is 15.1 Å². The number of benzene rings is 2. The number of fused-ring (bicyclic) bond motifs is 2. The van der Waals surface area contributed by atoms with Crippen molar-refractivity contribution in [3.8, 4) is 11.3 Å². The Morgan fingerprint density at radius 1 is 1.10 bits per heavy atom. The van der Waals surface area contributed by atoms with Gasteiger partial charge in [0.1, 0.15) is 12.1 Å². The molecule has 0 saturated carbocycles. The minimum absolute atomic E-state index is 0.141. The number of nitrogens with zero attached hydrogens (tertiary/aromatic N) is 2. The zero-order valence-electron chi connectivity index (χ0n) is 17.6. The van der Waals surface area contributed by atoms with E-state index < -0.39 is 5.60 Å². The fraction of sp³-hybridized carbons (Fsp3) is 0.292. The molecule has 0 unspecified atom stereocenters. The molecule has 2 N–H and O–H groups in total. The molecule has 0 aliphatic carbocycles. The number of hydrogen-bond acceptors (Lipinski definition) is 3. The summed E-state index contributed by atoms with van der Waals surface area (Å²) in [5, 5.41) is 2.19. The van der Waals surface area contributed by atoms with Crippen LogP contribution >= 0.6 is 0 Å². The predicted molar refractivity (Wildman–Crippen MR) is 118 cm³/mol. The molecule has 0 fully saturated rings. The highest BCUT2D eigenvalue weighted by Gasteiger charge is 2.23. The van der Waals surface area contributed by atoms with E-state index in [2.05, 4.69) is 42.7 Å². The summed E-state index contributed by atoms with van der Waals surface area (Å²) in [6, 6.07) is 14.5. The lowest BCUT2D eigenvalue weighted by Gasteiger charge is -2.21. The van der Waals surface area contributed by atoms with Gasteiger partial charge in [0.25, 0.3) is 0 Å². The summed E-state index contributed by atoms with van der Waals surface area (Å²) in [4.78, 5) is 12.8. The number of ether oxygens (including phenoxy) is 1. The number of carbonyl (C=O) groups is 1. The molecule has 29 heavy (non-hydrogen) atoms. The van der Waals surface area contributed by atoms with Gasteiger partial charge in [-0.15, -0.1) is 0 Å². The molecule has 4 rings (SSSR count). The fourth-order valence-electron chi connectivity index (χ4n) is 4.06. The van der Waals surface area contributed by atoms with Crippen molar-refractivity contribution in [2.45, 2.75) is 46.8 Å². The van der Waals surface area contributed by atoms with Crippen LogP contribution in [0.3, 0.4) is 0 Å². The van der Waals surface area contributed by atoms with Gasteiger partial charge in [0.15, 0.2) is 0 Å². The van der Waals surface area contributed by atoms with Crippen LogP contribution in [-0.4, -0.2) is 20.8 Å². The van der Waals surface area contributed by atoms with Gasteiger partial charge in [0, 0.05) is 28.0 Å². The SMILES string of the molecule is Cc1ccc2c(C)c(-c3cccc4ccn(N)c34)n(CC(=O)OC(C)(C)C)c2c1. The Morgan fingerprint density at radius 2 is 1.86 bits per heavy atom. The van der Waals surface area contributed by atoms with Gasteiger partial charge in [-0.1, -0.05) is 30.3 Å². The smallest absolute Gasteiger partial charge is 0.326 e. The third-order valence-corrected chi connectivity index (χ3v) is 5.18. The Morgan fingerprint density at radius 3 is 2.59 bits per heavy atom. The van der Waals surface area contributed by atoms with E-state index in [1.165, 1.54) is 0 Å². The van der Waals surface area contributed by atoms with Crippen LogP contribution in [0.4, 0.5) is 0 Å². The molecule has 0 aliphatic heterocycles. The number of rotatable bonds is 3. The topological polar surface area (TPSA) is 62.2 Å². The Kier molecular flexibility index (Phi) is 4.41. The maximum atomic E-state index is 12.8. The molecule has 0 spiro atoms. The van der Waals surface area contributed by atoms with Crippen molar-refractivity contribution in [3.05, 3.63) is 59.8 Å². The van der Waals surface area contributed by atoms with E-state index >= 15 is 0 Å². The van der Waals surface area contributed by atoms with E-state index in [1.54, 1.807) is 4.68 Å². The van der Waals surface area contributed by atoms with Crippen LogP contribution in [0.25, 0.3) is 33.1 Å². The van der Waals surface area contributed by atoms with E-state index in [-0.39, 0.29) is 12.5 Å². The second-order valence-corrected chi connectivity index (χ2v) is 8.63. The van der Waals surface area contributed by atoms with E-state index in [1.807, 2.05) is 45.2 Å². The summed E-state index contributed by atoms with van der Waals surface area (Å²) in [6.07, 6.45) is 1.86. The van der Waals surface area contributed by atoms with Crippen molar-refractivity contribution in [3.63, 3.8) is 0 Å². The monoisotopic (exact) mass is 389 g/mol.